The average molecular weight is 460 g/mol. The van der Waals surface area contributed by atoms with Crippen LogP contribution < -0.4 is 10.3 Å². The van der Waals surface area contributed by atoms with Crippen molar-refractivity contribution >= 4 is 16.7 Å². The van der Waals surface area contributed by atoms with Gasteiger partial charge in [-0.3, -0.25) is 4.79 Å². The number of aliphatic hydroxyl groups is 1. The molecule has 5 rings (SSSR count). The van der Waals surface area contributed by atoms with Crippen LogP contribution in [0, 0.1) is 26.6 Å². The summed E-state index contributed by atoms with van der Waals surface area (Å²) in [5.74, 6) is -0.417. The highest BCUT2D eigenvalue weighted by molar-refractivity contribution is 6.04. The molecule has 0 saturated carbocycles. The van der Waals surface area contributed by atoms with Crippen molar-refractivity contribution in [2.45, 2.75) is 53.0 Å². The molecule has 2 heterocycles. The SMILES string of the molecule is Cc1cc(C)c(-c2c3cc(F)c(=O)cc-3oc3cc4c(cc23)C(C)(C)C(C)N4CCO)cc1C. The van der Waals surface area contributed by atoms with Crippen LogP contribution in [0.15, 0.2) is 45.6 Å². The maximum absolute atomic E-state index is 14.5. The van der Waals surface area contributed by atoms with Crippen LogP contribution in [0.4, 0.5) is 10.1 Å². The maximum Gasteiger partial charge on any atom is 0.217 e. The Bertz CT molecular complexity index is 1480. The number of rotatable bonds is 3. The molecule has 0 amide bonds. The number of β-amino-alcohol motifs (C(OH)–C–C–N with tert-alkyl or cyclic N) is 1. The van der Waals surface area contributed by atoms with Gasteiger partial charge in [0.1, 0.15) is 11.3 Å². The van der Waals surface area contributed by atoms with Crippen molar-refractivity contribution < 1.29 is 13.9 Å². The molecule has 2 aromatic carbocycles. The minimum absolute atomic E-state index is 0.0542. The third-order valence-electron chi connectivity index (χ3n) is 7.86. The molecular weight excluding hydrogens is 429 g/mol. The Morgan fingerprint density at radius 2 is 1.71 bits per heavy atom. The summed E-state index contributed by atoms with van der Waals surface area (Å²) >= 11 is 0. The van der Waals surface area contributed by atoms with Gasteiger partial charge in [-0.15, -0.1) is 0 Å². The van der Waals surface area contributed by atoms with E-state index < -0.39 is 11.2 Å². The summed E-state index contributed by atoms with van der Waals surface area (Å²) in [4.78, 5) is 14.4. The first-order chi connectivity index (χ1) is 16.0. The fraction of sp³-hybridized carbons (Fsp3) is 0.345. The Hall–Kier alpha value is -3.18. The van der Waals surface area contributed by atoms with Crippen molar-refractivity contribution in [2.75, 3.05) is 18.1 Å². The Labute approximate surface area is 199 Å². The number of aryl methyl sites for hydroxylation is 3. The summed E-state index contributed by atoms with van der Waals surface area (Å²) in [6.07, 6.45) is 0. The van der Waals surface area contributed by atoms with Gasteiger partial charge in [-0.1, -0.05) is 26.0 Å². The summed E-state index contributed by atoms with van der Waals surface area (Å²) in [6, 6.07) is 11.2. The van der Waals surface area contributed by atoms with Gasteiger partial charge in [0.2, 0.25) is 5.43 Å². The second-order valence-electron chi connectivity index (χ2n) is 10.2. The lowest BCUT2D eigenvalue weighted by Crippen LogP contribution is -2.40. The van der Waals surface area contributed by atoms with E-state index in [1.165, 1.54) is 23.3 Å². The van der Waals surface area contributed by atoms with Crippen LogP contribution in [0.2, 0.25) is 0 Å². The molecule has 5 heteroatoms. The van der Waals surface area contributed by atoms with Crippen LogP contribution in [0.25, 0.3) is 33.4 Å². The van der Waals surface area contributed by atoms with Gasteiger partial charge in [0.05, 0.1) is 6.61 Å². The Balaban J connectivity index is 1.95. The largest absolute Gasteiger partial charge is 0.456 e. The smallest absolute Gasteiger partial charge is 0.217 e. The quantitative estimate of drug-likeness (QED) is 0.376. The van der Waals surface area contributed by atoms with Gasteiger partial charge < -0.3 is 14.4 Å². The van der Waals surface area contributed by atoms with Gasteiger partial charge in [0.25, 0.3) is 0 Å². The number of anilines is 1. The first kappa shape index (κ1) is 22.6. The second kappa shape index (κ2) is 7.67. The fourth-order valence-corrected chi connectivity index (χ4v) is 5.45. The number of halogens is 1. The Kier molecular flexibility index (Phi) is 5.10. The van der Waals surface area contributed by atoms with E-state index in [0.717, 1.165) is 33.3 Å². The standard InChI is InChI=1S/C29H30FNO3/c1-15-9-17(3)19(10-16(15)2)28-20-11-22-24(31(7-8-32)18(4)29(22,5)6)13-26(20)34-27-14-25(33)23(30)12-21(27)28/h9-14,18,32H,7-8H2,1-6H3. The average Bonchev–Trinajstić information content (AvgIpc) is 2.95. The highest BCUT2D eigenvalue weighted by Gasteiger charge is 2.42. The molecule has 2 aromatic rings. The van der Waals surface area contributed by atoms with E-state index in [9.17, 15) is 14.3 Å². The van der Waals surface area contributed by atoms with Gasteiger partial charge in [0, 0.05) is 52.3 Å². The van der Waals surface area contributed by atoms with Crippen molar-refractivity contribution in [1.82, 2.24) is 0 Å². The van der Waals surface area contributed by atoms with E-state index >= 15 is 0 Å². The van der Waals surface area contributed by atoms with E-state index in [2.05, 4.69) is 64.6 Å². The summed E-state index contributed by atoms with van der Waals surface area (Å²) in [5.41, 5.74) is 7.87. The van der Waals surface area contributed by atoms with Crippen molar-refractivity contribution in [1.29, 1.82) is 0 Å². The predicted molar refractivity (Wildman–Crippen MR) is 136 cm³/mol. The van der Waals surface area contributed by atoms with E-state index in [1.807, 2.05) is 6.07 Å². The van der Waals surface area contributed by atoms with Crippen molar-refractivity contribution in [3.63, 3.8) is 0 Å². The fourth-order valence-electron chi connectivity index (χ4n) is 5.45. The summed E-state index contributed by atoms with van der Waals surface area (Å²) in [7, 11) is 0. The van der Waals surface area contributed by atoms with Gasteiger partial charge in [-0.05, 0) is 67.6 Å². The van der Waals surface area contributed by atoms with E-state index in [0.29, 0.717) is 23.5 Å². The third kappa shape index (κ3) is 3.17. The molecule has 1 atom stereocenters. The number of hydrogen-bond acceptors (Lipinski definition) is 4. The summed E-state index contributed by atoms with van der Waals surface area (Å²) in [5, 5.41) is 10.6. The topological polar surface area (TPSA) is 53.7 Å². The van der Waals surface area contributed by atoms with Crippen LogP contribution in [0.3, 0.4) is 0 Å². The van der Waals surface area contributed by atoms with Gasteiger partial charge in [-0.2, -0.15) is 0 Å². The molecular formula is C29H30FNO3. The maximum atomic E-state index is 14.5. The summed E-state index contributed by atoms with van der Waals surface area (Å²) in [6.45, 7) is 13.4. The molecule has 1 N–H and O–H groups in total. The zero-order valence-electron chi connectivity index (χ0n) is 20.5. The Morgan fingerprint density at radius 3 is 2.41 bits per heavy atom. The predicted octanol–water partition coefficient (Wildman–Crippen LogP) is 6.11. The molecule has 0 spiro atoms. The van der Waals surface area contributed by atoms with Gasteiger partial charge in [0.15, 0.2) is 5.82 Å². The van der Waals surface area contributed by atoms with Crippen molar-refractivity contribution in [3.05, 3.63) is 74.7 Å². The molecule has 1 aliphatic carbocycles. The first-order valence-corrected chi connectivity index (χ1v) is 11.7. The molecule has 0 aromatic heterocycles. The van der Waals surface area contributed by atoms with Crippen LogP contribution >= 0.6 is 0 Å². The molecule has 0 bridgehead atoms. The zero-order chi connectivity index (χ0) is 24.5. The van der Waals surface area contributed by atoms with Crippen molar-refractivity contribution in [2.24, 2.45) is 0 Å². The van der Waals surface area contributed by atoms with Gasteiger partial charge >= 0.3 is 0 Å². The minimum atomic E-state index is -0.783. The van der Waals surface area contributed by atoms with E-state index in [1.54, 1.807) is 0 Å². The summed E-state index contributed by atoms with van der Waals surface area (Å²) < 4.78 is 20.8. The molecule has 0 saturated heterocycles. The lowest BCUT2D eigenvalue weighted by Gasteiger charge is -2.31. The van der Waals surface area contributed by atoms with Crippen LogP contribution in [-0.2, 0) is 5.41 Å². The third-order valence-corrected chi connectivity index (χ3v) is 7.86. The normalized spacial score (nSPS) is 17.1. The van der Waals surface area contributed by atoms with Crippen LogP contribution in [0.5, 0.6) is 0 Å². The molecule has 0 fully saturated rings. The van der Waals surface area contributed by atoms with Gasteiger partial charge in [-0.25, -0.2) is 4.39 Å². The monoisotopic (exact) mass is 459 g/mol. The zero-order valence-corrected chi connectivity index (χ0v) is 20.5. The van der Waals surface area contributed by atoms with Crippen molar-refractivity contribution in [3.8, 4) is 22.5 Å². The highest BCUT2D eigenvalue weighted by Crippen LogP contribution is 2.50. The number of hydrogen-bond donors (Lipinski definition) is 1. The van der Waals surface area contributed by atoms with E-state index in [4.69, 9.17) is 4.42 Å². The molecule has 176 valence electrons. The van der Waals surface area contributed by atoms with Crippen LogP contribution in [0.1, 0.15) is 43.0 Å². The number of aliphatic hydroxyl groups excluding tert-OH is 1. The second-order valence-corrected chi connectivity index (χ2v) is 10.2. The number of benzene rings is 3. The molecule has 0 radical (unpaired) electrons. The molecule has 1 unspecified atom stereocenters. The lowest BCUT2D eigenvalue weighted by molar-refractivity contribution is 0.293. The molecule has 4 nitrogen and oxygen atoms in total. The molecule has 2 aliphatic heterocycles. The highest BCUT2D eigenvalue weighted by atomic mass is 19.1. The number of fused-ring (bicyclic) bond motifs is 3. The first-order valence-electron chi connectivity index (χ1n) is 11.7. The van der Waals surface area contributed by atoms with Crippen LogP contribution in [-0.4, -0.2) is 24.3 Å². The minimum Gasteiger partial charge on any atom is -0.456 e. The number of nitrogens with zero attached hydrogens (tertiary/aromatic N) is 1. The molecule has 3 aliphatic rings. The molecule has 34 heavy (non-hydrogen) atoms. The lowest BCUT2D eigenvalue weighted by atomic mass is 9.80. The Morgan fingerprint density at radius 1 is 1.00 bits per heavy atom. The van der Waals surface area contributed by atoms with E-state index in [-0.39, 0.29) is 18.1 Å².